The van der Waals surface area contributed by atoms with E-state index in [1.54, 1.807) is 42.5 Å². The summed E-state index contributed by atoms with van der Waals surface area (Å²) in [6.07, 6.45) is 1.33. The molecule has 0 aliphatic heterocycles. The van der Waals surface area contributed by atoms with Crippen molar-refractivity contribution in [1.82, 2.24) is 0 Å². The van der Waals surface area contributed by atoms with Gasteiger partial charge in [-0.15, -0.1) is 0 Å². The van der Waals surface area contributed by atoms with E-state index >= 15 is 0 Å². The van der Waals surface area contributed by atoms with E-state index in [1.807, 2.05) is 6.92 Å². The van der Waals surface area contributed by atoms with Crippen molar-refractivity contribution in [2.45, 2.75) is 19.8 Å². The second-order valence-electron chi connectivity index (χ2n) is 4.93. The van der Waals surface area contributed by atoms with Gasteiger partial charge in [0.2, 0.25) is 0 Å². The van der Waals surface area contributed by atoms with Gasteiger partial charge in [0, 0.05) is 17.4 Å². The lowest BCUT2D eigenvalue weighted by Gasteiger charge is -2.10. The summed E-state index contributed by atoms with van der Waals surface area (Å²) in [7, 11) is 0. The monoisotopic (exact) mass is 334 g/mol. The summed E-state index contributed by atoms with van der Waals surface area (Å²) >= 11 is 6.08. The van der Waals surface area contributed by atoms with E-state index in [0.29, 0.717) is 34.5 Å². The minimum absolute atomic E-state index is 0.402. The lowest BCUT2D eigenvalue weighted by Crippen LogP contribution is -2.14. The van der Waals surface area contributed by atoms with E-state index in [9.17, 15) is 4.79 Å². The van der Waals surface area contributed by atoms with Gasteiger partial charge in [-0.2, -0.15) is 0 Å². The van der Waals surface area contributed by atoms with Crippen LogP contribution in [0.4, 0.5) is 16.2 Å². The van der Waals surface area contributed by atoms with Crippen LogP contribution in [0.25, 0.3) is 0 Å². The first-order chi connectivity index (χ1) is 11.1. The number of halogens is 1. The van der Waals surface area contributed by atoms with Gasteiger partial charge in [0.15, 0.2) is 0 Å². The summed E-state index contributed by atoms with van der Waals surface area (Å²) in [6, 6.07) is 12.0. The van der Waals surface area contributed by atoms with Crippen LogP contribution in [-0.4, -0.2) is 12.7 Å². The molecule has 0 fully saturated rings. The highest BCUT2D eigenvalue weighted by Crippen LogP contribution is 2.31. The molecule has 0 bridgehead atoms. The molecule has 6 heteroatoms. The van der Waals surface area contributed by atoms with Gasteiger partial charge in [-0.1, -0.05) is 31.0 Å². The molecule has 0 aromatic heterocycles. The molecule has 2 aromatic carbocycles. The van der Waals surface area contributed by atoms with Crippen molar-refractivity contribution in [3.05, 3.63) is 47.5 Å². The number of hydrogen-bond acceptors (Lipinski definition) is 4. The minimum atomic E-state index is -0.485. The fraction of sp³-hybridized carbons (Fsp3) is 0.235. The lowest BCUT2D eigenvalue weighted by atomic mass is 10.3. The fourth-order valence-corrected chi connectivity index (χ4v) is 2.05. The maximum absolute atomic E-state index is 11.6. The molecule has 0 saturated carbocycles. The maximum atomic E-state index is 11.6. The van der Waals surface area contributed by atoms with E-state index in [4.69, 9.17) is 26.8 Å². The molecule has 0 aliphatic carbocycles. The highest BCUT2D eigenvalue weighted by molar-refractivity contribution is 6.32. The molecule has 122 valence electrons. The van der Waals surface area contributed by atoms with Gasteiger partial charge in [-0.25, -0.2) is 4.79 Å². The number of amides is 1. The highest BCUT2D eigenvalue weighted by atomic mass is 35.5. The van der Waals surface area contributed by atoms with Crippen LogP contribution in [0.2, 0.25) is 5.02 Å². The van der Waals surface area contributed by atoms with Gasteiger partial charge in [0.1, 0.15) is 11.5 Å². The Kier molecular flexibility index (Phi) is 6.11. The minimum Gasteiger partial charge on any atom is -0.456 e. The molecule has 3 N–H and O–H groups in total. The quantitative estimate of drug-likeness (QED) is 0.571. The third-order valence-electron chi connectivity index (χ3n) is 3.00. The largest absolute Gasteiger partial charge is 0.456 e. The number of nitrogen functional groups attached to an aromatic ring is 1. The van der Waals surface area contributed by atoms with Crippen LogP contribution in [0.15, 0.2) is 42.5 Å². The zero-order chi connectivity index (χ0) is 16.7. The van der Waals surface area contributed by atoms with Crippen molar-refractivity contribution in [3.63, 3.8) is 0 Å². The van der Waals surface area contributed by atoms with Gasteiger partial charge in [0.25, 0.3) is 0 Å². The van der Waals surface area contributed by atoms with Gasteiger partial charge < -0.3 is 15.2 Å². The number of hydrogen-bond donors (Lipinski definition) is 2. The number of nitrogens with two attached hydrogens (primary N) is 1. The Morgan fingerprint density at radius 2 is 2.09 bits per heavy atom. The van der Waals surface area contributed by atoms with Crippen LogP contribution in [0, 0.1) is 0 Å². The van der Waals surface area contributed by atoms with E-state index in [-0.39, 0.29) is 0 Å². The van der Waals surface area contributed by atoms with Crippen LogP contribution >= 0.6 is 11.6 Å². The third-order valence-corrected chi connectivity index (χ3v) is 3.29. The number of ether oxygens (including phenoxy) is 2. The first kappa shape index (κ1) is 17.0. The first-order valence-corrected chi connectivity index (χ1v) is 7.73. The summed E-state index contributed by atoms with van der Waals surface area (Å²) in [6.45, 7) is 2.43. The molecule has 2 aromatic rings. The number of anilines is 2. The number of rotatable bonds is 6. The van der Waals surface area contributed by atoms with Crippen molar-refractivity contribution in [1.29, 1.82) is 0 Å². The molecule has 0 spiro atoms. The molecule has 0 saturated heterocycles. The first-order valence-electron chi connectivity index (χ1n) is 7.35. The second-order valence-corrected chi connectivity index (χ2v) is 5.34. The van der Waals surface area contributed by atoms with E-state index in [2.05, 4.69) is 5.32 Å². The average Bonchev–Trinajstić information content (AvgIpc) is 2.51. The van der Waals surface area contributed by atoms with E-state index in [0.717, 1.165) is 12.8 Å². The number of carbonyl (C=O) groups excluding carboxylic acids is 1. The Bertz CT molecular complexity index is 677. The molecule has 0 aliphatic rings. The van der Waals surface area contributed by atoms with Crippen molar-refractivity contribution in [2.24, 2.45) is 0 Å². The number of nitrogens with one attached hydrogen (secondary N) is 1. The zero-order valence-electron chi connectivity index (χ0n) is 12.8. The molecule has 5 nitrogen and oxygen atoms in total. The Labute approximate surface area is 140 Å². The maximum Gasteiger partial charge on any atom is 0.411 e. The molecule has 0 radical (unpaired) electrons. The topological polar surface area (TPSA) is 73.6 Å². The molecular formula is C17H19ClN2O3. The Balaban J connectivity index is 2.00. The summed E-state index contributed by atoms with van der Waals surface area (Å²) in [4.78, 5) is 11.6. The predicted octanol–water partition coefficient (Wildman–Crippen LogP) is 5.06. The smallest absolute Gasteiger partial charge is 0.411 e. The Morgan fingerprint density at radius 3 is 2.83 bits per heavy atom. The molecule has 23 heavy (non-hydrogen) atoms. The summed E-state index contributed by atoms with van der Waals surface area (Å²) < 4.78 is 10.8. The molecule has 0 atom stereocenters. The molecular weight excluding hydrogens is 316 g/mol. The van der Waals surface area contributed by atoms with Crippen LogP contribution in [-0.2, 0) is 4.74 Å². The molecule has 0 heterocycles. The summed E-state index contributed by atoms with van der Waals surface area (Å²) in [5.74, 6) is 1.03. The number of carbonyl (C=O) groups is 1. The fourth-order valence-electron chi connectivity index (χ4n) is 1.83. The van der Waals surface area contributed by atoms with Gasteiger partial charge in [-0.3, -0.25) is 5.32 Å². The number of unbranched alkanes of at least 4 members (excludes halogenated alkanes) is 1. The van der Waals surface area contributed by atoms with Crippen molar-refractivity contribution in [3.8, 4) is 11.5 Å². The van der Waals surface area contributed by atoms with Gasteiger partial charge >= 0.3 is 6.09 Å². The lowest BCUT2D eigenvalue weighted by molar-refractivity contribution is 0.160. The zero-order valence-corrected chi connectivity index (χ0v) is 13.6. The number of benzene rings is 2. The van der Waals surface area contributed by atoms with Crippen molar-refractivity contribution < 1.29 is 14.3 Å². The van der Waals surface area contributed by atoms with Crippen LogP contribution in [0.3, 0.4) is 0 Å². The molecule has 0 unspecified atom stereocenters. The Morgan fingerprint density at radius 1 is 1.26 bits per heavy atom. The van der Waals surface area contributed by atoms with Crippen molar-refractivity contribution >= 4 is 29.1 Å². The summed E-state index contributed by atoms with van der Waals surface area (Å²) in [5, 5.41) is 3.08. The van der Waals surface area contributed by atoms with E-state index in [1.165, 1.54) is 0 Å². The van der Waals surface area contributed by atoms with Crippen molar-refractivity contribution in [2.75, 3.05) is 17.7 Å². The summed E-state index contributed by atoms with van der Waals surface area (Å²) in [5.41, 5.74) is 6.79. The Hall–Kier alpha value is -2.40. The SMILES string of the molecule is CCCCOC(=O)Nc1cccc(Oc2ccc(N)cc2Cl)c1. The van der Waals surface area contributed by atoms with Crippen LogP contribution in [0.1, 0.15) is 19.8 Å². The predicted molar refractivity (Wildman–Crippen MR) is 92.3 cm³/mol. The second kappa shape index (κ2) is 8.29. The highest BCUT2D eigenvalue weighted by Gasteiger charge is 2.06. The van der Waals surface area contributed by atoms with Crippen LogP contribution < -0.4 is 15.8 Å². The molecule has 2 rings (SSSR count). The van der Waals surface area contributed by atoms with Gasteiger partial charge in [-0.05, 0) is 36.8 Å². The van der Waals surface area contributed by atoms with Crippen LogP contribution in [0.5, 0.6) is 11.5 Å². The van der Waals surface area contributed by atoms with Gasteiger partial charge in [0.05, 0.1) is 11.6 Å². The third kappa shape index (κ3) is 5.38. The molecule has 1 amide bonds. The average molecular weight is 335 g/mol. The standard InChI is InChI=1S/C17H19ClN2O3/c1-2-3-9-22-17(21)20-13-5-4-6-14(11-13)23-16-8-7-12(19)10-15(16)18/h4-8,10-11H,2-3,9,19H2,1H3,(H,20,21). The normalized spacial score (nSPS) is 10.2. The van der Waals surface area contributed by atoms with E-state index < -0.39 is 6.09 Å².